The number of aryl methyl sites for hydroxylation is 1. The third-order valence-electron chi connectivity index (χ3n) is 6.83. The van der Waals surface area contributed by atoms with Gasteiger partial charge < -0.3 is 10.4 Å². The van der Waals surface area contributed by atoms with E-state index in [-0.39, 0.29) is 22.7 Å². The number of benzene rings is 1. The molecule has 7 nitrogen and oxygen atoms in total. The number of carbonyl (C=O) groups excluding carboxylic acids is 1. The lowest BCUT2D eigenvalue weighted by atomic mass is 9.69. The number of hydrogen-bond acceptors (Lipinski definition) is 4. The molecule has 2 N–H and O–H groups in total. The van der Waals surface area contributed by atoms with Gasteiger partial charge in [-0.15, -0.1) is 0 Å². The highest BCUT2D eigenvalue weighted by atomic mass is 16.4. The molecule has 0 bridgehead atoms. The molecule has 158 valence electrons. The number of nitrogens with zero attached hydrogens (tertiary/aromatic N) is 3. The first kappa shape index (κ1) is 20.3. The molecule has 1 saturated carbocycles. The van der Waals surface area contributed by atoms with Gasteiger partial charge in [0, 0.05) is 11.7 Å². The van der Waals surface area contributed by atoms with Gasteiger partial charge in [0.2, 0.25) is 0 Å². The fraction of sp³-hybridized carbons (Fsp3) is 0.435. The van der Waals surface area contributed by atoms with Gasteiger partial charge in [0.05, 0.1) is 17.6 Å². The molecule has 2 aromatic rings. The average molecular weight is 409 g/mol. The van der Waals surface area contributed by atoms with Crippen LogP contribution in [0.4, 0.5) is 10.6 Å². The van der Waals surface area contributed by atoms with Gasteiger partial charge in [-0.1, -0.05) is 30.3 Å². The lowest BCUT2D eigenvalue weighted by Gasteiger charge is -2.48. The standard InChI is InChI=1S/C23H28N4O3/c1-16-13-17(20(28)29)14-24-19(16)27-15-22(25-21(27)30)9-11-23(12-10-22,26(2)3)18-7-5-4-6-8-18/h4-8,13-14H,9-12,15H2,1-3H3,(H,25,30)(H,28,29). The summed E-state index contributed by atoms with van der Waals surface area (Å²) in [5.74, 6) is -0.491. The van der Waals surface area contributed by atoms with Crippen molar-refractivity contribution >= 4 is 17.8 Å². The predicted octanol–water partition coefficient (Wildman–Crippen LogP) is 3.39. The Hall–Kier alpha value is -2.93. The maximum atomic E-state index is 12.8. The minimum absolute atomic E-state index is 0.0397. The van der Waals surface area contributed by atoms with Crippen molar-refractivity contribution in [3.8, 4) is 0 Å². The van der Waals surface area contributed by atoms with Crippen molar-refractivity contribution in [3.05, 3.63) is 59.3 Å². The maximum Gasteiger partial charge on any atom is 0.337 e. The Morgan fingerprint density at radius 1 is 1.17 bits per heavy atom. The van der Waals surface area contributed by atoms with Crippen LogP contribution in [0, 0.1) is 6.92 Å². The van der Waals surface area contributed by atoms with E-state index in [1.165, 1.54) is 11.8 Å². The lowest BCUT2D eigenvalue weighted by Crippen LogP contribution is -2.54. The van der Waals surface area contributed by atoms with E-state index >= 15 is 0 Å². The maximum absolute atomic E-state index is 12.8. The molecule has 4 rings (SSSR count). The van der Waals surface area contributed by atoms with Gasteiger partial charge in [-0.3, -0.25) is 9.80 Å². The monoisotopic (exact) mass is 408 g/mol. The molecule has 0 atom stereocenters. The Morgan fingerprint density at radius 3 is 2.40 bits per heavy atom. The number of rotatable bonds is 4. The molecular weight excluding hydrogens is 380 g/mol. The summed E-state index contributed by atoms with van der Waals surface area (Å²) in [7, 11) is 4.25. The molecule has 0 unspecified atom stereocenters. The van der Waals surface area contributed by atoms with Crippen LogP contribution in [-0.2, 0) is 5.54 Å². The highest BCUT2D eigenvalue weighted by Crippen LogP contribution is 2.46. The summed E-state index contributed by atoms with van der Waals surface area (Å²) < 4.78 is 0. The number of aromatic carboxylic acids is 1. The van der Waals surface area contributed by atoms with Crippen molar-refractivity contribution in [2.24, 2.45) is 0 Å². The zero-order chi connectivity index (χ0) is 21.5. The van der Waals surface area contributed by atoms with Gasteiger partial charge in [0.15, 0.2) is 0 Å². The minimum Gasteiger partial charge on any atom is -0.478 e. The highest BCUT2D eigenvalue weighted by Gasteiger charge is 2.50. The molecule has 2 aliphatic rings. The average Bonchev–Trinajstić information content (AvgIpc) is 3.04. The van der Waals surface area contributed by atoms with Gasteiger partial charge >= 0.3 is 12.0 Å². The molecular formula is C23H28N4O3. The molecule has 1 saturated heterocycles. The Balaban J connectivity index is 1.56. The summed E-state index contributed by atoms with van der Waals surface area (Å²) in [6.07, 6.45) is 4.95. The zero-order valence-electron chi connectivity index (χ0n) is 17.7. The van der Waals surface area contributed by atoms with Crippen LogP contribution < -0.4 is 10.2 Å². The lowest BCUT2D eigenvalue weighted by molar-refractivity contribution is 0.0657. The van der Waals surface area contributed by atoms with Gasteiger partial charge in [-0.2, -0.15) is 0 Å². The molecule has 2 fully saturated rings. The van der Waals surface area contributed by atoms with E-state index in [1.54, 1.807) is 17.9 Å². The van der Waals surface area contributed by atoms with Crippen LogP contribution in [0.1, 0.15) is 47.2 Å². The quantitative estimate of drug-likeness (QED) is 0.810. The number of carboxylic acid groups (broad SMARTS) is 1. The summed E-state index contributed by atoms with van der Waals surface area (Å²) in [6, 6.07) is 12.0. The molecule has 1 spiro atoms. The fourth-order valence-corrected chi connectivity index (χ4v) is 5.01. The van der Waals surface area contributed by atoms with Crippen LogP contribution in [0.15, 0.2) is 42.6 Å². The number of urea groups is 1. The largest absolute Gasteiger partial charge is 0.478 e. The van der Waals surface area contributed by atoms with E-state index in [9.17, 15) is 9.59 Å². The molecule has 2 amide bonds. The van der Waals surface area contributed by atoms with Gasteiger partial charge in [-0.05, 0) is 63.9 Å². The smallest absolute Gasteiger partial charge is 0.337 e. The van der Waals surface area contributed by atoms with Gasteiger partial charge in [-0.25, -0.2) is 14.6 Å². The third kappa shape index (κ3) is 3.33. The van der Waals surface area contributed by atoms with E-state index in [2.05, 4.69) is 53.6 Å². The summed E-state index contributed by atoms with van der Waals surface area (Å²) in [5, 5.41) is 12.4. The minimum atomic E-state index is -1.02. The summed E-state index contributed by atoms with van der Waals surface area (Å²) in [4.78, 5) is 32.3. The van der Waals surface area contributed by atoms with Crippen molar-refractivity contribution in [1.82, 2.24) is 15.2 Å². The summed E-state index contributed by atoms with van der Waals surface area (Å²) >= 11 is 0. The van der Waals surface area contributed by atoms with Crippen LogP contribution in [-0.4, -0.2) is 53.2 Å². The second-order valence-corrected chi connectivity index (χ2v) is 8.76. The number of carbonyl (C=O) groups is 2. The molecule has 7 heteroatoms. The van der Waals surface area contributed by atoms with E-state index in [0.29, 0.717) is 17.9 Å². The number of anilines is 1. The van der Waals surface area contributed by atoms with Crippen molar-refractivity contribution < 1.29 is 14.7 Å². The Morgan fingerprint density at radius 2 is 1.83 bits per heavy atom. The first-order valence-corrected chi connectivity index (χ1v) is 10.3. The van der Waals surface area contributed by atoms with Crippen LogP contribution in [0.3, 0.4) is 0 Å². The third-order valence-corrected chi connectivity index (χ3v) is 6.83. The van der Waals surface area contributed by atoms with E-state index < -0.39 is 5.97 Å². The first-order valence-electron chi connectivity index (χ1n) is 10.3. The number of nitrogens with one attached hydrogen (secondary N) is 1. The van der Waals surface area contributed by atoms with E-state index in [4.69, 9.17) is 5.11 Å². The molecule has 1 aliphatic heterocycles. The molecule has 1 aromatic carbocycles. The number of pyridine rings is 1. The van der Waals surface area contributed by atoms with E-state index in [0.717, 1.165) is 25.7 Å². The Kier molecular flexibility index (Phi) is 5.02. The van der Waals surface area contributed by atoms with Crippen LogP contribution in [0.2, 0.25) is 0 Å². The molecule has 0 radical (unpaired) electrons. The second kappa shape index (κ2) is 7.40. The van der Waals surface area contributed by atoms with Crippen molar-refractivity contribution in [2.45, 2.75) is 43.7 Å². The molecule has 1 aliphatic carbocycles. The topological polar surface area (TPSA) is 85.8 Å². The van der Waals surface area contributed by atoms with Crippen LogP contribution in [0.25, 0.3) is 0 Å². The van der Waals surface area contributed by atoms with Crippen molar-refractivity contribution in [2.75, 3.05) is 25.5 Å². The van der Waals surface area contributed by atoms with Crippen molar-refractivity contribution in [1.29, 1.82) is 0 Å². The summed E-state index contributed by atoms with van der Waals surface area (Å²) in [5.41, 5.74) is 1.80. The SMILES string of the molecule is Cc1cc(C(=O)O)cnc1N1CC2(CCC(c3ccccc3)(N(C)C)CC2)NC1=O. The molecule has 1 aromatic heterocycles. The number of hydrogen-bond donors (Lipinski definition) is 2. The Bertz CT molecular complexity index is 966. The van der Waals surface area contributed by atoms with Gasteiger partial charge in [0.1, 0.15) is 5.82 Å². The highest BCUT2D eigenvalue weighted by molar-refractivity contribution is 5.96. The zero-order valence-corrected chi connectivity index (χ0v) is 17.7. The number of carboxylic acids is 1. The molecule has 2 heterocycles. The summed E-state index contributed by atoms with van der Waals surface area (Å²) in [6.45, 7) is 2.34. The van der Waals surface area contributed by atoms with E-state index in [1.807, 2.05) is 6.07 Å². The van der Waals surface area contributed by atoms with Crippen LogP contribution in [0.5, 0.6) is 0 Å². The van der Waals surface area contributed by atoms with Gasteiger partial charge in [0.25, 0.3) is 0 Å². The fourth-order valence-electron chi connectivity index (χ4n) is 5.01. The molecule has 30 heavy (non-hydrogen) atoms. The van der Waals surface area contributed by atoms with Crippen LogP contribution >= 0.6 is 0 Å². The predicted molar refractivity (Wildman–Crippen MR) is 115 cm³/mol. The van der Waals surface area contributed by atoms with Crippen molar-refractivity contribution in [3.63, 3.8) is 0 Å². The normalized spacial score (nSPS) is 26.3. The first-order chi connectivity index (χ1) is 14.3. The number of aromatic nitrogens is 1. The Labute approximate surface area is 176 Å². The second-order valence-electron chi connectivity index (χ2n) is 8.76. The number of amides is 2.